The molecule has 2 aromatic carbocycles. The van der Waals surface area contributed by atoms with E-state index >= 15 is 0 Å². The van der Waals surface area contributed by atoms with Gasteiger partial charge in [-0.1, -0.05) is 53.8 Å². The maximum absolute atomic E-state index is 11.8. The molecule has 0 spiro atoms. The number of carbonyl (C=O) groups excluding carboxylic acids is 2. The summed E-state index contributed by atoms with van der Waals surface area (Å²) in [5.74, 6) is 5.10. The maximum atomic E-state index is 11.8. The first-order valence-corrected chi connectivity index (χ1v) is 7.38. The summed E-state index contributed by atoms with van der Waals surface area (Å²) >= 11 is 5.97. The lowest BCUT2D eigenvalue weighted by atomic mass is 10.2. The third-order valence-electron chi connectivity index (χ3n) is 2.92. The second-order valence-corrected chi connectivity index (χ2v) is 5.01. The van der Waals surface area contributed by atoms with Crippen LogP contribution in [0.5, 0.6) is 0 Å². The van der Waals surface area contributed by atoms with Crippen LogP contribution in [-0.2, 0) is 4.79 Å². The molecule has 116 valence electrons. The van der Waals surface area contributed by atoms with Gasteiger partial charge in [0.25, 0.3) is 5.91 Å². The minimum absolute atomic E-state index is 0.0957. The van der Waals surface area contributed by atoms with Crippen molar-refractivity contribution in [1.82, 2.24) is 10.6 Å². The van der Waals surface area contributed by atoms with Gasteiger partial charge in [-0.3, -0.25) is 9.59 Å². The van der Waals surface area contributed by atoms with Gasteiger partial charge in [-0.25, -0.2) is 0 Å². The number of amides is 2. The molecule has 2 amide bonds. The largest absolute Gasteiger partial charge is 0.344 e. The van der Waals surface area contributed by atoms with Gasteiger partial charge in [0.05, 0.1) is 18.1 Å². The van der Waals surface area contributed by atoms with Crippen molar-refractivity contribution in [3.8, 4) is 11.8 Å². The number of benzene rings is 2. The summed E-state index contributed by atoms with van der Waals surface area (Å²) in [4.78, 5) is 23.4. The van der Waals surface area contributed by atoms with Crippen molar-refractivity contribution in [2.75, 3.05) is 13.1 Å². The van der Waals surface area contributed by atoms with E-state index in [1.54, 1.807) is 36.4 Å². The number of hydrogen-bond donors (Lipinski definition) is 2. The Morgan fingerprint density at radius 1 is 0.957 bits per heavy atom. The second-order valence-electron chi connectivity index (χ2n) is 4.61. The number of carbonyl (C=O) groups is 2. The summed E-state index contributed by atoms with van der Waals surface area (Å²) in [6.45, 7) is 0.0900. The highest BCUT2D eigenvalue weighted by Gasteiger charge is 2.06. The van der Waals surface area contributed by atoms with Crippen LogP contribution in [-0.4, -0.2) is 24.9 Å². The van der Waals surface area contributed by atoms with E-state index in [2.05, 4.69) is 22.5 Å². The minimum Gasteiger partial charge on any atom is -0.344 e. The topological polar surface area (TPSA) is 58.2 Å². The first kappa shape index (κ1) is 16.6. The van der Waals surface area contributed by atoms with Crippen LogP contribution in [0.15, 0.2) is 54.6 Å². The molecular formula is C18H15ClN2O2. The quantitative estimate of drug-likeness (QED) is 0.847. The van der Waals surface area contributed by atoms with Gasteiger partial charge >= 0.3 is 0 Å². The molecule has 0 saturated carbocycles. The summed E-state index contributed by atoms with van der Waals surface area (Å²) in [6, 6.07) is 15.9. The van der Waals surface area contributed by atoms with Crippen LogP contribution in [0.4, 0.5) is 0 Å². The normalized spacial score (nSPS) is 9.43. The molecule has 0 fully saturated rings. The van der Waals surface area contributed by atoms with E-state index in [1.807, 2.05) is 18.2 Å². The average Bonchev–Trinajstić information content (AvgIpc) is 2.59. The lowest BCUT2D eigenvalue weighted by molar-refractivity contribution is -0.119. The van der Waals surface area contributed by atoms with Crippen molar-refractivity contribution in [3.63, 3.8) is 0 Å². The van der Waals surface area contributed by atoms with Gasteiger partial charge in [0, 0.05) is 11.1 Å². The lowest BCUT2D eigenvalue weighted by Crippen LogP contribution is -2.37. The number of hydrogen-bond acceptors (Lipinski definition) is 2. The Balaban J connectivity index is 1.74. The fraction of sp³-hybridized carbons (Fsp3) is 0.111. The second kappa shape index (κ2) is 8.62. The van der Waals surface area contributed by atoms with Crippen molar-refractivity contribution in [2.24, 2.45) is 0 Å². The first-order chi connectivity index (χ1) is 11.2. The van der Waals surface area contributed by atoms with Crippen LogP contribution < -0.4 is 10.6 Å². The van der Waals surface area contributed by atoms with Gasteiger partial charge in [0.15, 0.2) is 0 Å². The van der Waals surface area contributed by atoms with E-state index in [4.69, 9.17) is 11.6 Å². The van der Waals surface area contributed by atoms with E-state index in [9.17, 15) is 9.59 Å². The third-order valence-corrected chi connectivity index (χ3v) is 3.25. The molecule has 0 aliphatic rings. The number of rotatable bonds is 4. The highest BCUT2D eigenvalue weighted by Crippen LogP contribution is 2.12. The predicted molar refractivity (Wildman–Crippen MR) is 90.1 cm³/mol. The molecule has 0 bridgehead atoms. The van der Waals surface area contributed by atoms with Crippen molar-refractivity contribution < 1.29 is 9.59 Å². The van der Waals surface area contributed by atoms with Crippen molar-refractivity contribution in [2.45, 2.75) is 0 Å². The molecule has 2 aromatic rings. The molecule has 0 unspecified atom stereocenters. The Morgan fingerprint density at radius 3 is 2.39 bits per heavy atom. The minimum atomic E-state index is -0.303. The highest BCUT2D eigenvalue weighted by atomic mass is 35.5. The zero-order chi connectivity index (χ0) is 16.5. The molecule has 0 atom stereocenters. The van der Waals surface area contributed by atoms with E-state index in [1.165, 1.54) is 0 Å². The van der Waals surface area contributed by atoms with Crippen molar-refractivity contribution in [1.29, 1.82) is 0 Å². The maximum Gasteiger partial charge on any atom is 0.251 e. The van der Waals surface area contributed by atoms with Gasteiger partial charge in [-0.15, -0.1) is 0 Å². The van der Waals surface area contributed by atoms with Crippen LogP contribution in [0.25, 0.3) is 0 Å². The van der Waals surface area contributed by atoms with Crippen LogP contribution in [0.3, 0.4) is 0 Å². The van der Waals surface area contributed by atoms with Crippen molar-refractivity contribution in [3.05, 3.63) is 70.7 Å². The fourth-order valence-electron chi connectivity index (χ4n) is 1.76. The smallest absolute Gasteiger partial charge is 0.251 e. The molecule has 5 heteroatoms. The molecule has 4 nitrogen and oxygen atoms in total. The van der Waals surface area contributed by atoms with Gasteiger partial charge < -0.3 is 10.6 Å². The van der Waals surface area contributed by atoms with Gasteiger partial charge in [-0.2, -0.15) is 0 Å². The van der Waals surface area contributed by atoms with E-state index in [0.717, 1.165) is 0 Å². The van der Waals surface area contributed by atoms with Crippen LogP contribution in [0.1, 0.15) is 15.9 Å². The summed E-state index contributed by atoms with van der Waals surface area (Å²) < 4.78 is 0. The Labute approximate surface area is 139 Å². The third kappa shape index (κ3) is 5.50. The molecule has 2 rings (SSSR count). The molecule has 0 aromatic heterocycles. The first-order valence-electron chi connectivity index (χ1n) is 7.00. The molecule has 0 aliphatic heterocycles. The highest BCUT2D eigenvalue weighted by molar-refractivity contribution is 6.31. The molecule has 2 N–H and O–H groups in total. The zero-order valence-corrected chi connectivity index (χ0v) is 13.1. The van der Waals surface area contributed by atoms with E-state index in [0.29, 0.717) is 16.1 Å². The van der Waals surface area contributed by atoms with Crippen molar-refractivity contribution >= 4 is 23.4 Å². The summed E-state index contributed by atoms with van der Waals surface area (Å²) in [7, 11) is 0. The lowest BCUT2D eigenvalue weighted by Gasteiger charge is -2.04. The van der Waals surface area contributed by atoms with Crippen LogP contribution >= 0.6 is 11.6 Å². The molecule has 23 heavy (non-hydrogen) atoms. The summed E-state index contributed by atoms with van der Waals surface area (Å²) in [6.07, 6.45) is 0. The van der Waals surface area contributed by atoms with Gasteiger partial charge in [-0.05, 0) is 24.3 Å². The monoisotopic (exact) mass is 326 g/mol. The van der Waals surface area contributed by atoms with Crippen LogP contribution in [0.2, 0.25) is 5.02 Å². The molecule has 0 aliphatic carbocycles. The summed E-state index contributed by atoms with van der Waals surface area (Å²) in [5.41, 5.74) is 1.22. The number of halogens is 1. The number of nitrogens with one attached hydrogen (secondary N) is 2. The van der Waals surface area contributed by atoms with Gasteiger partial charge in [0.1, 0.15) is 0 Å². The Hall–Kier alpha value is -2.77. The molecule has 0 heterocycles. The Bertz CT molecular complexity index is 748. The molecule has 0 radical (unpaired) electrons. The van der Waals surface area contributed by atoms with E-state index < -0.39 is 0 Å². The van der Waals surface area contributed by atoms with Crippen LogP contribution in [0, 0.1) is 11.8 Å². The molecule has 0 saturated heterocycles. The predicted octanol–water partition coefficient (Wildman–Crippen LogP) is 2.24. The standard InChI is InChI=1S/C18H15ClN2O2/c19-16-11-5-4-7-14(16)10-6-12-20-17(22)13-21-18(23)15-8-2-1-3-9-15/h1-5,7-9,11H,12-13H2,(H,20,22)(H,21,23). The Morgan fingerprint density at radius 2 is 1.65 bits per heavy atom. The summed E-state index contributed by atoms with van der Waals surface area (Å²) in [5, 5.41) is 5.73. The average molecular weight is 327 g/mol. The van der Waals surface area contributed by atoms with Gasteiger partial charge in [0.2, 0.25) is 5.91 Å². The molecular weight excluding hydrogens is 312 g/mol. The fourth-order valence-corrected chi connectivity index (χ4v) is 1.94. The van der Waals surface area contributed by atoms with E-state index in [-0.39, 0.29) is 24.9 Å². The SMILES string of the molecule is O=C(CNC(=O)c1ccccc1)NCC#Cc1ccccc1Cl. The Kier molecular flexibility index (Phi) is 6.22. The zero-order valence-electron chi connectivity index (χ0n) is 12.3.